The van der Waals surface area contributed by atoms with E-state index in [0.717, 1.165) is 16.9 Å². The summed E-state index contributed by atoms with van der Waals surface area (Å²) in [5.41, 5.74) is 6.17. The fourth-order valence-corrected chi connectivity index (χ4v) is 1.41. The summed E-state index contributed by atoms with van der Waals surface area (Å²) in [7, 11) is 0. The molecule has 2 aromatic heterocycles. The molecule has 0 radical (unpaired) electrons. The van der Waals surface area contributed by atoms with Gasteiger partial charge in [-0.3, -0.25) is 0 Å². The van der Waals surface area contributed by atoms with Crippen LogP contribution in [0.2, 0.25) is 0 Å². The van der Waals surface area contributed by atoms with Gasteiger partial charge in [-0.25, -0.2) is 24.5 Å². The van der Waals surface area contributed by atoms with Crippen molar-refractivity contribution in [1.29, 1.82) is 0 Å². The number of nitrogens with two attached hydrogens (primary N) is 1. The second kappa shape index (κ2) is 6.46. The van der Waals surface area contributed by atoms with Gasteiger partial charge in [-0.05, 0) is 6.42 Å². The Hall–Kier alpha value is -2.97. The summed E-state index contributed by atoms with van der Waals surface area (Å²) in [6.45, 7) is 2.16. The minimum Gasteiger partial charge on any atom is -0.463 e. The fourth-order valence-electron chi connectivity index (χ4n) is 1.41. The van der Waals surface area contributed by atoms with Gasteiger partial charge in [0.2, 0.25) is 5.65 Å². The van der Waals surface area contributed by atoms with Crippen molar-refractivity contribution in [2.24, 2.45) is 0 Å². The summed E-state index contributed by atoms with van der Waals surface area (Å²) in [5.74, 6) is -1.22. The van der Waals surface area contributed by atoms with E-state index in [1.54, 1.807) is 0 Å². The van der Waals surface area contributed by atoms with Crippen LogP contribution in [0, 0.1) is 0 Å². The summed E-state index contributed by atoms with van der Waals surface area (Å²) in [4.78, 5) is 39.3. The molecule has 2 aromatic rings. The lowest BCUT2D eigenvalue weighted by Crippen LogP contribution is -2.17. The number of ether oxygens (including phenoxy) is 1. The normalized spacial score (nSPS) is 10.9. The summed E-state index contributed by atoms with van der Waals surface area (Å²) < 4.78 is 5.81. The monoisotopic (exact) mass is 291 g/mol. The lowest BCUT2D eigenvalue weighted by molar-refractivity contribution is -0.140. The highest BCUT2D eigenvalue weighted by Gasteiger charge is 2.10. The van der Waals surface area contributed by atoms with Gasteiger partial charge in [0, 0.05) is 12.2 Å². The minimum absolute atomic E-state index is 0.175. The minimum atomic E-state index is -0.778. The first-order chi connectivity index (χ1) is 10.1. The smallest absolute Gasteiger partial charge is 0.356 e. The molecule has 21 heavy (non-hydrogen) atoms. The van der Waals surface area contributed by atoms with Crippen LogP contribution in [0.25, 0.3) is 11.2 Å². The lowest BCUT2D eigenvalue weighted by atomic mass is 10.5. The van der Waals surface area contributed by atoms with Crippen molar-refractivity contribution in [2.75, 3.05) is 12.3 Å². The van der Waals surface area contributed by atoms with Crippen molar-refractivity contribution in [1.82, 2.24) is 19.7 Å². The quantitative estimate of drug-likeness (QED) is 0.597. The van der Waals surface area contributed by atoms with E-state index in [1.807, 2.05) is 6.92 Å². The highest BCUT2D eigenvalue weighted by molar-refractivity contribution is 5.92. The Morgan fingerprint density at radius 1 is 1.29 bits per heavy atom. The van der Waals surface area contributed by atoms with Crippen molar-refractivity contribution < 1.29 is 19.2 Å². The molecule has 0 saturated heterocycles. The number of fused-ring (bicyclic) bond motifs is 1. The Balaban J connectivity index is 2.03. The van der Waals surface area contributed by atoms with Gasteiger partial charge in [0.15, 0.2) is 11.3 Å². The molecule has 0 aliphatic heterocycles. The van der Waals surface area contributed by atoms with Crippen LogP contribution in [0.3, 0.4) is 0 Å². The van der Waals surface area contributed by atoms with Crippen LogP contribution in [0.4, 0.5) is 5.82 Å². The highest BCUT2D eigenvalue weighted by Crippen LogP contribution is 2.12. The van der Waals surface area contributed by atoms with Crippen molar-refractivity contribution in [3.63, 3.8) is 0 Å². The Morgan fingerprint density at radius 3 is 2.81 bits per heavy atom. The average molecular weight is 291 g/mol. The van der Waals surface area contributed by atoms with E-state index in [9.17, 15) is 9.59 Å². The predicted molar refractivity (Wildman–Crippen MR) is 71.7 cm³/mol. The van der Waals surface area contributed by atoms with Gasteiger partial charge in [-0.1, -0.05) is 6.92 Å². The second-order valence-electron chi connectivity index (χ2n) is 3.91. The molecule has 0 atom stereocenters. The SMILES string of the molecule is CCCOC(=O)/C=C/C(=O)On1cnc2c(N)ncnc21. The largest absolute Gasteiger partial charge is 0.463 e. The van der Waals surface area contributed by atoms with E-state index in [-0.39, 0.29) is 11.5 Å². The number of carbonyl (C=O) groups is 2. The van der Waals surface area contributed by atoms with Crippen molar-refractivity contribution in [2.45, 2.75) is 13.3 Å². The first-order valence-electron chi connectivity index (χ1n) is 6.12. The Morgan fingerprint density at radius 2 is 2.05 bits per heavy atom. The Kier molecular flexibility index (Phi) is 4.44. The third-order valence-electron chi connectivity index (χ3n) is 2.32. The predicted octanol–water partition coefficient (Wildman–Crippen LogP) is -0.127. The van der Waals surface area contributed by atoms with Crippen molar-refractivity contribution >= 4 is 28.9 Å². The topological polar surface area (TPSA) is 122 Å². The maximum atomic E-state index is 11.6. The van der Waals surface area contributed by atoms with Crippen LogP contribution in [-0.2, 0) is 14.3 Å². The molecule has 0 aliphatic rings. The molecular weight excluding hydrogens is 278 g/mol. The highest BCUT2D eigenvalue weighted by atomic mass is 16.7. The van der Waals surface area contributed by atoms with E-state index in [0.29, 0.717) is 18.5 Å². The van der Waals surface area contributed by atoms with Crippen molar-refractivity contribution in [3.8, 4) is 0 Å². The number of hydrogen-bond donors (Lipinski definition) is 1. The van der Waals surface area contributed by atoms with Gasteiger partial charge in [-0.2, -0.15) is 0 Å². The van der Waals surface area contributed by atoms with E-state index < -0.39 is 11.9 Å². The van der Waals surface area contributed by atoms with E-state index in [1.165, 1.54) is 12.7 Å². The van der Waals surface area contributed by atoms with E-state index >= 15 is 0 Å². The van der Waals surface area contributed by atoms with Gasteiger partial charge < -0.3 is 15.3 Å². The number of rotatable bonds is 5. The molecular formula is C12H13N5O4. The molecule has 9 heteroatoms. The standard InChI is InChI=1S/C12H13N5O4/c1-2-5-20-8(18)3-4-9(19)21-17-7-16-10-11(13)14-6-15-12(10)17/h3-4,6-7H,2,5H2,1H3,(H2,13,14,15)/b4-3+. The number of imidazole rings is 1. The Bertz CT molecular complexity index is 694. The van der Waals surface area contributed by atoms with Gasteiger partial charge in [-0.15, -0.1) is 4.73 Å². The van der Waals surface area contributed by atoms with Gasteiger partial charge in [0.25, 0.3) is 0 Å². The molecule has 0 amide bonds. The molecule has 0 fully saturated rings. The lowest BCUT2D eigenvalue weighted by Gasteiger charge is -2.01. The number of hydrogen-bond acceptors (Lipinski definition) is 8. The molecule has 0 aliphatic carbocycles. The van der Waals surface area contributed by atoms with Crippen LogP contribution in [0.1, 0.15) is 13.3 Å². The second-order valence-corrected chi connectivity index (χ2v) is 3.91. The first-order valence-corrected chi connectivity index (χ1v) is 6.12. The van der Waals surface area contributed by atoms with Crippen molar-refractivity contribution in [3.05, 3.63) is 24.8 Å². The summed E-state index contributed by atoms with van der Waals surface area (Å²) in [6, 6.07) is 0. The zero-order chi connectivity index (χ0) is 15.2. The van der Waals surface area contributed by atoms with E-state index in [4.69, 9.17) is 15.3 Å². The molecule has 110 valence electrons. The summed E-state index contributed by atoms with van der Waals surface area (Å²) in [6.07, 6.45) is 5.10. The van der Waals surface area contributed by atoms with Crippen LogP contribution in [0.5, 0.6) is 0 Å². The maximum Gasteiger partial charge on any atom is 0.356 e. The number of carbonyl (C=O) groups excluding carboxylic acids is 2. The Labute approximate surface area is 119 Å². The van der Waals surface area contributed by atoms with Gasteiger partial charge in [0.05, 0.1) is 6.61 Å². The van der Waals surface area contributed by atoms with Gasteiger partial charge >= 0.3 is 11.9 Å². The number of anilines is 1. The number of nitrogens with zero attached hydrogens (tertiary/aromatic N) is 4. The maximum absolute atomic E-state index is 11.6. The molecule has 0 bridgehead atoms. The van der Waals surface area contributed by atoms with Crippen LogP contribution < -0.4 is 10.6 Å². The third kappa shape index (κ3) is 3.53. The molecule has 0 spiro atoms. The zero-order valence-corrected chi connectivity index (χ0v) is 11.2. The van der Waals surface area contributed by atoms with Crippen LogP contribution >= 0.6 is 0 Å². The summed E-state index contributed by atoms with van der Waals surface area (Å²) in [5, 5.41) is 0. The molecule has 2 heterocycles. The fraction of sp³-hybridized carbons (Fsp3) is 0.250. The number of aromatic nitrogens is 4. The number of esters is 1. The molecule has 0 unspecified atom stereocenters. The molecule has 2 N–H and O–H groups in total. The van der Waals surface area contributed by atoms with Crippen LogP contribution in [-0.4, -0.2) is 38.2 Å². The molecule has 0 aromatic carbocycles. The average Bonchev–Trinajstić information content (AvgIpc) is 2.87. The van der Waals surface area contributed by atoms with Crippen LogP contribution in [0.15, 0.2) is 24.8 Å². The molecule has 0 saturated carbocycles. The third-order valence-corrected chi connectivity index (χ3v) is 2.32. The van der Waals surface area contributed by atoms with Gasteiger partial charge in [0.1, 0.15) is 12.7 Å². The molecule has 2 rings (SSSR count). The first kappa shape index (κ1) is 14.4. The number of nitrogen functional groups attached to an aromatic ring is 1. The van der Waals surface area contributed by atoms with E-state index in [2.05, 4.69) is 15.0 Å². The summed E-state index contributed by atoms with van der Waals surface area (Å²) >= 11 is 0. The molecule has 9 nitrogen and oxygen atoms in total. The zero-order valence-electron chi connectivity index (χ0n) is 11.2.